The molecule has 0 aliphatic carbocycles. The molecule has 2 aromatic heterocycles. The van der Waals surface area contributed by atoms with Crippen molar-refractivity contribution in [1.82, 2.24) is 20.2 Å². The van der Waals surface area contributed by atoms with E-state index in [0.717, 1.165) is 13.0 Å². The molecule has 1 saturated heterocycles. The molecule has 0 bridgehead atoms. The first kappa shape index (κ1) is 15.2. The van der Waals surface area contributed by atoms with E-state index in [-0.39, 0.29) is 11.5 Å². The van der Waals surface area contributed by atoms with Gasteiger partial charge in [0.15, 0.2) is 0 Å². The zero-order valence-corrected chi connectivity index (χ0v) is 12.7. The third-order valence-corrected chi connectivity index (χ3v) is 3.92. The predicted octanol–water partition coefficient (Wildman–Crippen LogP) is 0.665. The largest absolute Gasteiger partial charge is 0.352 e. The molecule has 2 aromatic rings. The Morgan fingerprint density at radius 2 is 2.26 bits per heavy atom. The zero-order chi connectivity index (χ0) is 16.2. The standard InChI is InChI=1S/C16H18N4O3/c21-14-5-2-8-20(14)9-3-7-18-15(22)11-10-13-12(19-16(11)23)4-1-6-17-13/h1,4,6,10H,2-3,5,7-9H2,(H,18,22)(H,19,23). The van der Waals surface area contributed by atoms with Gasteiger partial charge in [-0.3, -0.25) is 19.4 Å². The number of fused-ring (bicyclic) bond motifs is 1. The van der Waals surface area contributed by atoms with Crippen LogP contribution in [0.25, 0.3) is 11.0 Å². The number of hydrogen-bond acceptors (Lipinski definition) is 4. The van der Waals surface area contributed by atoms with Crippen LogP contribution >= 0.6 is 0 Å². The number of aromatic amines is 1. The second kappa shape index (κ2) is 6.60. The lowest BCUT2D eigenvalue weighted by atomic mass is 10.2. The van der Waals surface area contributed by atoms with E-state index in [0.29, 0.717) is 37.0 Å². The Balaban J connectivity index is 1.59. The molecule has 0 radical (unpaired) electrons. The normalized spacial score (nSPS) is 14.4. The molecule has 0 saturated carbocycles. The van der Waals surface area contributed by atoms with Gasteiger partial charge in [-0.15, -0.1) is 0 Å². The first-order valence-corrected chi connectivity index (χ1v) is 7.69. The first-order chi connectivity index (χ1) is 11.1. The van der Waals surface area contributed by atoms with Crippen LogP contribution in [0.15, 0.2) is 29.2 Å². The third-order valence-electron chi connectivity index (χ3n) is 3.92. The number of carbonyl (C=O) groups excluding carboxylic acids is 2. The molecule has 23 heavy (non-hydrogen) atoms. The lowest BCUT2D eigenvalue weighted by Gasteiger charge is -2.15. The van der Waals surface area contributed by atoms with Gasteiger partial charge in [-0.25, -0.2) is 0 Å². The van der Waals surface area contributed by atoms with Crippen molar-refractivity contribution in [3.05, 3.63) is 40.3 Å². The molecule has 1 aliphatic heterocycles. The summed E-state index contributed by atoms with van der Waals surface area (Å²) >= 11 is 0. The minimum absolute atomic E-state index is 0.0495. The van der Waals surface area contributed by atoms with E-state index in [1.807, 2.05) is 0 Å². The maximum Gasteiger partial charge on any atom is 0.261 e. The molecule has 7 heteroatoms. The number of nitrogens with zero attached hydrogens (tertiary/aromatic N) is 2. The summed E-state index contributed by atoms with van der Waals surface area (Å²) in [6, 6.07) is 4.95. The molecule has 1 aliphatic rings. The van der Waals surface area contributed by atoms with Gasteiger partial charge in [0.25, 0.3) is 11.5 Å². The van der Waals surface area contributed by atoms with Gasteiger partial charge in [-0.1, -0.05) is 0 Å². The van der Waals surface area contributed by atoms with E-state index in [4.69, 9.17) is 0 Å². The summed E-state index contributed by atoms with van der Waals surface area (Å²) in [6.45, 7) is 1.85. The van der Waals surface area contributed by atoms with E-state index >= 15 is 0 Å². The average Bonchev–Trinajstić information content (AvgIpc) is 2.96. The SMILES string of the molecule is O=C(NCCCN1CCCC1=O)c1cc2ncccc2[nH]c1=O. The Hall–Kier alpha value is -2.70. The first-order valence-electron chi connectivity index (χ1n) is 7.69. The number of carbonyl (C=O) groups is 2. The summed E-state index contributed by atoms with van der Waals surface area (Å²) in [6.07, 6.45) is 3.80. The maximum absolute atomic E-state index is 12.1. The number of nitrogens with one attached hydrogen (secondary N) is 2. The van der Waals surface area contributed by atoms with Gasteiger partial charge in [0.1, 0.15) is 5.56 Å². The van der Waals surface area contributed by atoms with Crippen LogP contribution in [0.2, 0.25) is 0 Å². The van der Waals surface area contributed by atoms with Crippen LogP contribution in [0.1, 0.15) is 29.6 Å². The number of aromatic nitrogens is 2. The number of hydrogen-bond donors (Lipinski definition) is 2. The van der Waals surface area contributed by atoms with Crippen molar-refractivity contribution in [2.45, 2.75) is 19.3 Å². The molecular formula is C16H18N4O3. The van der Waals surface area contributed by atoms with Crippen LogP contribution in [-0.4, -0.2) is 46.3 Å². The van der Waals surface area contributed by atoms with E-state index in [1.54, 1.807) is 23.2 Å². The second-order valence-corrected chi connectivity index (χ2v) is 5.54. The molecule has 1 fully saturated rings. The van der Waals surface area contributed by atoms with Gasteiger partial charge >= 0.3 is 0 Å². The van der Waals surface area contributed by atoms with Crippen LogP contribution in [0.5, 0.6) is 0 Å². The van der Waals surface area contributed by atoms with E-state index in [1.165, 1.54) is 6.07 Å². The van der Waals surface area contributed by atoms with Gasteiger partial charge in [-0.05, 0) is 31.0 Å². The highest BCUT2D eigenvalue weighted by Crippen LogP contribution is 2.09. The second-order valence-electron chi connectivity index (χ2n) is 5.54. The molecular weight excluding hydrogens is 296 g/mol. The Bertz CT molecular complexity index is 799. The Kier molecular flexibility index (Phi) is 4.36. The van der Waals surface area contributed by atoms with Gasteiger partial charge < -0.3 is 15.2 Å². The van der Waals surface area contributed by atoms with Gasteiger partial charge in [-0.2, -0.15) is 0 Å². The number of likely N-dealkylation sites (tertiary alicyclic amines) is 1. The predicted molar refractivity (Wildman–Crippen MR) is 85.1 cm³/mol. The molecule has 3 heterocycles. The Morgan fingerprint density at radius 3 is 3.04 bits per heavy atom. The fourth-order valence-corrected chi connectivity index (χ4v) is 2.71. The summed E-state index contributed by atoms with van der Waals surface area (Å²) in [4.78, 5) is 44.2. The topological polar surface area (TPSA) is 95.2 Å². The van der Waals surface area contributed by atoms with Crippen molar-refractivity contribution in [3.63, 3.8) is 0 Å². The van der Waals surface area contributed by atoms with Crippen molar-refractivity contribution >= 4 is 22.8 Å². The summed E-state index contributed by atoms with van der Waals surface area (Å²) in [5.41, 5.74) is 0.785. The molecule has 2 amide bonds. The van der Waals surface area contributed by atoms with Gasteiger partial charge in [0.05, 0.1) is 11.0 Å². The lowest BCUT2D eigenvalue weighted by molar-refractivity contribution is -0.127. The molecule has 0 atom stereocenters. The number of rotatable bonds is 5. The van der Waals surface area contributed by atoms with Crippen LogP contribution < -0.4 is 10.9 Å². The van der Waals surface area contributed by atoms with E-state index in [2.05, 4.69) is 15.3 Å². The highest BCUT2D eigenvalue weighted by atomic mass is 16.2. The quantitative estimate of drug-likeness (QED) is 0.793. The number of pyridine rings is 2. The van der Waals surface area contributed by atoms with Crippen LogP contribution in [0.4, 0.5) is 0 Å². The van der Waals surface area contributed by atoms with Crippen molar-refractivity contribution in [3.8, 4) is 0 Å². The highest BCUT2D eigenvalue weighted by Gasteiger charge is 2.19. The summed E-state index contributed by atoms with van der Waals surface area (Å²) < 4.78 is 0. The van der Waals surface area contributed by atoms with Crippen LogP contribution in [0.3, 0.4) is 0 Å². The average molecular weight is 314 g/mol. The smallest absolute Gasteiger partial charge is 0.261 e. The van der Waals surface area contributed by atoms with Crippen molar-refractivity contribution < 1.29 is 9.59 Å². The van der Waals surface area contributed by atoms with Gasteiger partial charge in [0.2, 0.25) is 5.91 Å². The Labute approximate surface area is 132 Å². The maximum atomic E-state index is 12.1. The van der Waals surface area contributed by atoms with Crippen LogP contribution in [-0.2, 0) is 4.79 Å². The lowest BCUT2D eigenvalue weighted by Crippen LogP contribution is -2.33. The Morgan fingerprint density at radius 1 is 1.39 bits per heavy atom. The van der Waals surface area contributed by atoms with Gasteiger partial charge in [0, 0.05) is 32.3 Å². The number of amides is 2. The fraction of sp³-hybridized carbons (Fsp3) is 0.375. The van der Waals surface area contributed by atoms with E-state index in [9.17, 15) is 14.4 Å². The summed E-state index contributed by atoms with van der Waals surface area (Å²) in [7, 11) is 0. The minimum atomic E-state index is -0.433. The molecule has 120 valence electrons. The fourth-order valence-electron chi connectivity index (χ4n) is 2.71. The summed E-state index contributed by atoms with van der Waals surface area (Å²) in [5.74, 6) is -0.250. The van der Waals surface area contributed by atoms with Crippen molar-refractivity contribution in [1.29, 1.82) is 0 Å². The molecule has 0 spiro atoms. The minimum Gasteiger partial charge on any atom is -0.352 e. The zero-order valence-electron chi connectivity index (χ0n) is 12.7. The molecule has 0 aromatic carbocycles. The monoisotopic (exact) mass is 314 g/mol. The van der Waals surface area contributed by atoms with Crippen molar-refractivity contribution in [2.24, 2.45) is 0 Å². The van der Waals surface area contributed by atoms with E-state index < -0.39 is 11.5 Å². The van der Waals surface area contributed by atoms with Crippen molar-refractivity contribution in [2.75, 3.05) is 19.6 Å². The number of H-pyrrole nitrogens is 1. The molecule has 0 unspecified atom stereocenters. The third kappa shape index (κ3) is 3.39. The highest BCUT2D eigenvalue weighted by molar-refractivity contribution is 5.96. The summed E-state index contributed by atoms with van der Waals surface area (Å²) in [5, 5.41) is 2.72. The van der Waals surface area contributed by atoms with Crippen LogP contribution in [0, 0.1) is 0 Å². The molecule has 2 N–H and O–H groups in total. The molecule has 3 rings (SSSR count). The molecule has 7 nitrogen and oxygen atoms in total.